The van der Waals surface area contributed by atoms with Crippen LogP contribution < -0.4 is 0 Å². The lowest BCUT2D eigenvalue weighted by molar-refractivity contribution is -0.153. The van der Waals surface area contributed by atoms with Crippen LogP contribution in [0.25, 0.3) is 0 Å². The molecule has 26 heavy (non-hydrogen) atoms. The average molecular weight is 377 g/mol. The third-order valence-corrected chi connectivity index (χ3v) is 6.70. The molecular formula is C20H25ClN2O3. The highest BCUT2D eigenvalue weighted by molar-refractivity contribution is 6.30. The number of carboxylic acids is 1. The molecule has 1 amide bonds. The van der Waals surface area contributed by atoms with Crippen LogP contribution >= 0.6 is 11.6 Å². The van der Waals surface area contributed by atoms with Crippen LogP contribution in [0.2, 0.25) is 5.02 Å². The largest absolute Gasteiger partial charge is 0.481 e. The van der Waals surface area contributed by atoms with E-state index in [1.165, 1.54) is 5.56 Å². The summed E-state index contributed by atoms with van der Waals surface area (Å²) in [5.74, 6) is -0.993. The van der Waals surface area contributed by atoms with Gasteiger partial charge in [-0.1, -0.05) is 23.7 Å². The van der Waals surface area contributed by atoms with Crippen molar-refractivity contribution in [1.82, 2.24) is 9.80 Å². The van der Waals surface area contributed by atoms with Crippen molar-refractivity contribution in [3.8, 4) is 0 Å². The first kappa shape index (κ1) is 17.8. The van der Waals surface area contributed by atoms with Gasteiger partial charge < -0.3 is 10.0 Å². The van der Waals surface area contributed by atoms with Crippen LogP contribution in [0.4, 0.5) is 0 Å². The third kappa shape index (κ3) is 3.35. The first-order chi connectivity index (χ1) is 12.5. The van der Waals surface area contributed by atoms with Gasteiger partial charge in [-0.15, -0.1) is 0 Å². The Morgan fingerprint density at radius 3 is 2.42 bits per heavy atom. The number of hydrogen-bond acceptors (Lipinski definition) is 3. The SMILES string of the molecule is O=C(O)[C@H]1[C@H]2CC[C@@H](C2)[C@@H]1C(=O)N1CCN(Cc2cccc(Cl)c2)CC1. The summed E-state index contributed by atoms with van der Waals surface area (Å²) in [5, 5.41) is 10.3. The van der Waals surface area contributed by atoms with Gasteiger partial charge in [-0.25, -0.2) is 0 Å². The quantitative estimate of drug-likeness (QED) is 0.877. The molecule has 1 aromatic carbocycles. The number of amides is 1. The van der Waals surface area contributed by atoms with E-state index in [9.17, 15) is 14.7 Å². The number of rotatable bonds is 4. The Hall–Kier alpha value is -1.59. The molecular weight excluding hydrogens is 352 g/mol. The number of fused-ring (bicyclic) bond motifs is 2. The maximum Gasteiger partial charge on any atom is 0.307 e. The van der Waals surface area contributed by atoms with Crippen LogP contribution in [0, 0.1) is 23.7 Å². The Morgan fingerprint density at radius 1 is 1.08 bits per heavy atom. The van der Waals surface area contributed by atoms with Crippen LogP contribution in [-0.2, 0) is 16.1 Å². The van der Waals surface area contributed by atoms with Crippen molar-refractivity contribution in [2.75, 3.05) is 26.2 Å². The molecule has 2 saturated carbocycles. The first-order valence-corrected chi connectivity index (χ1v) is 9.89. The highest BCUT2D eigenvalue weighted by Crippen LogP contribution is 2.53. The van der Waals surface area contributed by atoms with Gasteiger partial charge in [-0.05, 0) is 48.8 Å². The molecule has 1 N–H and O–H groups in total. The van der Waals surface area contributed by atoms with Gasteiger partial charge in [0.15, 0.2) is 0 Å². The van der Waals surface area contributed by atoms with Gasteiger partial charge in [0.2, 0.25) is 5.91 Å². The maximum absolute atomic E-state index is 13.0. The summed E-state index contributed by atoms with van der Waals surface area (Å²) in [6.45, 7) is 3.82. The standard InChI is InChI=1S/C20H25ClN2O3/c21-16-3-1-2-13(10-16)12-22-6-8-23(9-7-22)19(24)17-14-4-5-15(11-14)18(17)20(25)26/h1-3,10,14-15,17-18H,4-9,11-12H2,(H,25,26)/t14-,15-,17-,18-/m0/s1. The Kier molecular flexibility index (Phi) is 4.93. The van der Waals surface area contributed by atoms with Crippen LogP contribution in [0.15, 0.2) is 24.3 Å². The summed E-state index contributed by atoms with van der Waals surface area (Å²) in [7, 11) is 0. The van der Waals surface area contributed by atoms with Crippen molar-refractivity contribution >= 4 is 23.5 Å². The number of hydrogen-bond donors (Lipinski definition) is 1. The summed E-state index contributed by atoms with van der Waals surface area (Å²) >= 11 is 6.05. The molecule has 2 bridgehead atoms. The van der Waals surface area contributed by atoms with E-state index < -0.39 is 11.9 Å². The molecule has 4 atom stereocenters. The summed E-state index contributed by atoms with van der Waals surface area (Å²) in [5.41, 5.74) is 1.18. The summed E-state index contributed by atoms with van der Waals surface area (Å²) < 4.78 is 0. The van der Waals surface area contributed by atoms with E-state index in [0.717, 1.165) is 43.9 Å². The van der Waals surface area contributed by atoms with Gasteiger partial charge in [-0.3, -0.25) is 14.5 Å². The van der Waals surface area contributed by atoms with E-state index in [4.69, 9.17) is 11.6 Å². The zero-order chi connectivity index (χ0) is 18.3. The lowest BCUT2D eigenvalue weighted by atomic mass is 9.78. The normalized spacial score (nSPS) is 31.3. The van der Waals surface area contributed by atoms with E-state index in [-0.39, 0.29) is 23.7 Å². The van der Waals surface area contributed by atoms with Gasteiger partial charge >= 0.3 is 5.97 Å². The summed E-state index contributed by atoms with van der Waals surface area (Å²) in [6, 6.07) is 7.87. The maximum atomic E-state index is 13.0. The fraction of sp³-hybridized carbons (Fsp3) is 0.600. The number of nitrogens with zero attached hydrogens (tertiary/aromatic N) is 2. The molecule has 0 aromatic heterocycles. The first-order valence-electron chi connectivity index (χ1n) is 9.51. The molecule has 0 unspecified atom stereocenters. The lowest BCUT2D eigenvalue weighted by Gasteiger charge is -2.38. The predicted octanol–water partition coefficient (Wildman–Crippen LogP) is 2.73. The van der Waals surface area contributed by atoms with Gasteiger partial charge in [-0.2, -0.15) is 0 Å². The van der Waals surface area contributed by atoms with Crippen LogP contribution in [0.1, 0.15) is 24.8 Å². The highest BCUT2D eigenvalue weighted by atomic mass is 35.5. The Morgan fingerprint density at radius 2 is 1.77 bits per heavy atom. The Labute approximate surface area is 158 Å². The van der Waals surface area contributed by atoms with E-state index in [0.29, 0.717) is 13.1 Å². The van der Waals surface area contributed by atoms with E-state index in [2.05, 4.69) is 11.0 Å². The van der Waals surface area contributed by atoms with Crippen LogP contribution in [0.5, 0.6) is 0 Å². The van der Waals surface area contributed by atoms with E-state index in [1.54, 1.807) is 0 Å². The fourth-order valence-electron chi connectivity index (χ4n) is 5.23. The second-order valence-electron chi connectivity index (χ2n) is 7.95. The van der Waals surface area contributed by atoms with Crippen molar-refractivity contribution in [3.05, 3.63) is 34.9 Å². The lowest BCUT2D eigenvalue weighted by Crippen LogP contribution is -2.52. The Balaban J connectivity index is 1.36. The van der Waals surface area contributed by atoms with Crippen LogP contribution in [0.3, 0.4) is 0 Å². The minimum Gasteiger partial charge on any atom is -0.481 e. The second kappa shape index (κ2) is 7.20. The number of piperazine rings is 1. The number of aliphatic carboxylic acids is 1. The van der Waals surface area contributed by atoms with E-state index in [1.807, 2.05) is 23.1 Å². The molecule has 3 aliphatic rings. The van der Waals surface area contributed by atoms with Gasteiger partial charge in [0.05, 0.1) is 11.8 Å². The Bertz CT molecular complexity index is 702. The molecule has 0 spiro atoms. The van der Waals surface area contributed by atoms with Crippen molar-refractivity contribution < 1.29 is 14.7 Å². The second-order valence-corrected chi connectivity index (χ2v) is 8.39. The molecule has 6 heteroatoms. The number of benzene rings is 1. The summed E-state index contributed by atoms with van der Waals surface area (Å²) in [6.07, 6.45) is 2.90. The predicted molar refractivity (Wildman–Crippen MR) is 98.8 cm³/mol. The van der Waals surface area contributed by atoms with Gasteiger partial charge in [0.25, 0.3) is 0 Å². The molecule has 3 fully saturated rings. The fourth-order valence-corrected chi connectivity index (χ4v) is 5.45. The zero-order valence-corrected chi connectivity index (χ0v) is 15.6. The molecule has 4 rings (SSSR count). The van der Waals surface area contributed by atoms with Crippen molar-refractivity contribution in [3.63, 3.8) is 0 Å². The smallest absolute Gasteiger partial charge is 0.307 e. The topological polar surface area (TPSA) is 60.9 Å². The average Bonchev–Trinajstić information content (AvgIpc) is 3.23. The van der Waals surface area contributed by atoms with E-state index >= 15 is 0 Å². The molecule has 0 radical (unpaired) electrons. The van der Waals surface area contributed by atoms with Gasteiger partial charge in [0.1, 0.15) is 0 Å². The van der Waals surface area contributed by atoms with Gasteiger partial charge in [0, 0.05) is 37.7 Å². The molecule has 1 heterocycles. The number of carbonyl (C=O) groups is 2. The monoisotopic (exact) mass is 376 g/mol. The van der Waals surface area contributed by atoms with Crippen molar-refractivity contribution in [2.45, 2.75) is 25.8 Å². The number of carboxylic acid groups (broad SMARTS) is 1. The molecule has 1 saturated heterocycles. The third-order valence-electron chi connectivity index (χ3n) is 6.47. The number of carbonyl (C=O) groups excluding carboxylic acids is 1. The van der Waals surface area contributed by atoms with Crippen molar-refractivity contribution in [1.29, 1.82) is 0 Å². The zero-order valence-electron chi connectivity index (χ0n) is 14.8. The molecule has 5 nitrogen and oxygen atoms in total. The highest BCUT2D eigenvalue weighted by Gasteiger charge is 2.54. The molecule has 1 aliphatic heterocycles. The molecule has 140 valence electrons. The minimum atomic E-state index is -0.782. The summed E-state index contributed by atoms with van der Waals surface area (Å²) in [4.78, 5) is 28.9. The minimum absolute atomic E-state index is 0.0759. The van der Waals surface area contributed by atoms with Crippen LogP contribution in [-0.4, -0.2) is 53.0 Å². The molecule has 1 aromatic rings. The number of halogens is 1. The van der Waals surface area contributed by atoms with Crippen molar-refractivity contribution in [2.24, 2.45) is 23.7 Å². The molecule has 2 aliphatic carbocycles.